The first-order chi connectivity index (χ1) is 15.4. The summed E-state index contributed by atoms with van der Waals surface area (Å²) in [5, 5.41) is 0.477. The van der Waals surface area contributed by atoms with Crippen molar-refractivity contribution >= 4 is 43.8 Å². The summed E-state index contributed by atoms with van der Waals surface area (Å²) in [6.45, 7) is 6.72. The lowest BCUT2D eigenvalue weighted by Gasteiger charge is -2.26. The smallest absolute Gasteiger partial charge is 0.243 e. The van der Waals surface area contributed by atoms with Crippen LogP contribution in [0.4, 0.5) is 0 Å². The van der Waals surface area contributed by atoms with Crippen LogP contribution >= 0.6 is 11.6 Å². The lowest BCUT2D eigenvalue weighted by atomic mass is 10.2. The van der Waals surface area contributed by atoms with Gasteiger partial charge >= 0.3 is 0 Å². The van der Waals surface area contributed by atoms with Gasteiger partial charge in [0, 0.05) is 19.6 Å². The molecular formula is C23H26ClN3O4S. The number of morpholine rings is 1. The van der Waals surface area contributed by atoms with E-state index in [0.29, 0.717) is 55.8 Å². The number of fused-ring (bicyclic) bond motifs is 1. The second-order valence-electron chi connectivity index (χ2n) is 7.34. The van der Waals surface area contributed by atoms with Crippen molar-refractivity contribution in [2.75, 3.05) is 32.9 Å². The average molecular weight is 476 g/mol. The van der Waals surface area contributed by atoms with Gasteiger partial charge in [-0.05, 0) is 55.8 Å². The number of ether oxygens (including phenoxy) is 2. The first-order valence-electron chi connectivity index (χ1n) is 10.6. The summed E-state index contributed by atoms with van der Waals surface area (Å²) in [6.07, 6.45) is 1.84. The van der Waals surface area contributed by atoms with Crippen molar-refractivity contribution in [1.82, 2.24) is 13.9 Å². The number of hydrogen-bond donors (Lipinski definition) is 0. The molecule has 1 fully saturated rings. The third-order valence-corrected chi connectivity index (χ3v) is 7.51. The Kier molecular flexibility index (Phi) is 6.85. The first kappa shape index (κ1) is 22.8. The summed E-state index contributed by atoms with van der Waals surface area (Å²) in [4.78, 5) is 4.90. The maximum Gasteiger partial charge on any atom is 0.243 e. The van der Waals surface area contributed by atoms with Crippen LogP contribution in [0.1, 0.15) is 25.2 Å². The predicted octanol–water partition coefficient (Wildman–Crippen LogP) is 4.21. The van der Waals surface area contributed by atoms with Crippen LogP contribution in [0, 0.1) is 0 Å². The second kappa shape index (κ2) is 9.62. The number of aromatic nitrogens is 2. The number of hydrogen-bond acceptors (Lipinski definition) is 5. The highest BCUT2D eigenvalue weighted by molar-refractivity contribution is 7.89. The maximum absolute atomic E-state index is 13.0. The van der Waals surface area contributed by atoms with Crippen LogP contribution in [0.5, 0.6) is 5.75 Å². The fourth-order valence-corrected chi connectivity index (χ4v) is 5.45. The number of sulfonamides is 1. The topological polar surface area (TPSA) is 73.7 Å². The van der Waals surface area contributed by atoms with Crippen LogP contribution in [0.2, 0.25) is 0 Å². The van der Waals surface area contributed by atoms with E-state index in [1.807, 2.05) is 48.8 Å². The molecule has 32 heavy (non-hydrogen) atoms. The van der Waals surface area contributed by atoms with Gasteiger partial charge in [0.25, 0.3) is 0 Å². The third kappa shape index (κ3) is 4.54. The van der Waals surface area contributed by atoms with Gasteiger partial charge in [-0.3, -0.25) is 0 Å². The van der Waals surface area contributed by atoms with Crippen molar-refractivity contribution in [3.05, 3.63) is 53.9 Å². The lowest BCUT2D eigenvalue weighted by molar-refractivity contribution is 0.0730. The van der Waals surface area contributed by atoms with Gasteiger partial charge in [0.05, 0.1) is 40.8 Å². The molecule has 0 spiro atoms. The van der Waals surface area contributed by atoms with Crippen LogP contribution in [-0.4, -0.2) is 55.2 Å². The Hall–Kier alpha value is -2.39. The zero-order valence-electron chi connectivity index (χ0n) is 18.1. The molecule has 1 saturated heterocycles. The van der Waals surface area contributed by atoms with E-state index in [1.165, 1.54) is 4.31 Å². The van der Waals surface area contributed by atoms with Crippen molar-refractivity contribution in [3.63, 3.8) is 0 Å². The van der Waals surface area contributed by atoms with Gasteiger partial charge < -0.3 is 14.0 Å². The molecule has 0 aliphatic carbocycles. The molecule has 0 bridgehead atoms. The highest BCUT2D eigenvalue weighted by Gasteiger charge is 2.27. The van der Waals surface area contributed by atoms with E-state index in [-0.39, 0.29) is 4.90 Å². The minimum Gasteiger partial charge on any atom is -0.494 e. The van der Waals surface area contributed by atoms with Crippen molar-refractivity contribution < 1.29 is 17.9 Å². The third-order valence-electron chi connectivity index (χ3n) is 5.34. The SMILES string of the molecule is CCOc1ccc(C=C(Cl)c2nc3cc(S(=O)(=O)N4CCOCC4)ccc3n2CC)cc1. The van der Waals surface area contributed by atoms with Gasteiger partial charge in [0.2, 0.25) is 10.0 Å². The molecule has 2 heterocycles. The predicted molar refractivity (Wildman–Crippen MR) is 126 cm³/mol. The molecule has 1 aliphatic rings. The highest BCUT2D eigenvalue weighted by Crippen LogP contribution is 2.29. The number of benzene rings is 2. The number of aryl methyl sites for hydroxylation is 1. The maximum atomic E-state index is 13.0. The van der Waals surface area contributed by atoms with Gasteiger partial charge in [-0.15, -0.1) is 0 Å². The van der Waals surface area contributed by atoms with Crippen molar-refractivity contribution in [2.24, 2.45) is 0 Å². The zero-order valence-corrected chi connectivity index (χ0v) is 19.7. The van der Waals surface area contributed by atoms with Gasteiger partial charge in [0.15, 0.2) is 5.82 Å². The van der Waals surface area contributed by atoms with Crippen LogP contribution in [-0.2, 0) is 21.3 Å². The Morgan fingerprint density at radius 1 is 1.16 bits per heavy atom. The Morgan fingerprint density at radius 3 is 2.53 bits per heavy atom. The molecule has 0 amide bonds. The van der Waals surface area contributed by atoms with Crippen molar-refractivity contribution in [1.29, 1.82) is 0 Å². The van der Waals surface area contributed by atoms with E-state index in [4.69, 9.17) is 21.1 Å². The summed E-state index contributed by atoms with van der Waals surface area (Å²) in [5.41, 5.74) is 2.35. The number of imidazole rings is 1. The average Bonchev–Trinajstić information content (AvgIpc) is 3.19. The van der Waals surface area contributed by atoms with Gasteiger partial charge in [-0.1, -0.05) is 23.7 Å². The zero-order chi connectivity index (χ0) is 22.7. The minimum atomic E-state index is -3.60. The first-order valence-corrected chi connectivity index (χ1v) is 12.4. The molecule has 0 N–H and O–H groups in total. The number of halogens is 1. The van der Waals surface area contributed by atoms with Crippen LogP contribution in [0.15, 0.2) is 47.4 Å². The summed E-state index contributed by atoms with van der Waals surface area (Å²) in [6, 6.07) is 12.7. The van der Waals surface area contributed by atoms with E-state index in [1.54, 1.807) is 18.2 Å². The molecule has 0 atom stereocenters. The Bertz CT molecular complexity index is 1230. The molecule has 7 nitrogen and oxygen atoms in total. The monoisotopic (exact) mass is 475 g/mol. The summed E-state index contributed by atoms with van der Waals surface area (Å²) < 4.78 is 40.2. The van der Waals surface area contributed by atoms with Gasteiger partial charge in [-0.2, -0.15) is 4.31 Å². The minimum absolute atomic E-state index is 0.228. The van der Waals surface area contributed by atoms with E-state index in [9.17, 15) is 8.42 Å². The molecule has 1 aliphatic heterocycles. The van der Waals surface area contributed by atoms with E-state index >= 15 is 0 Å². The van der Waals surface area contributed by atoms with Crippen LogP contribution in [0.25, 0.3) is 22.1 Å². The van der Waals surface area contributed by atoms with E-state index in [2.05, 4.69) is 4.98 Å². The fourth-order valence-electron chi connectivity index (χ4n) is 3.75. The number of nitrogens with zero attached hydrogens (tertiary/aromatic N) is 3. The molecule has 3 aromatic rings. The van der Waals surface area contributed by atoms with Crippen molar-refractivity contribution in [3.8, 4) is 5.75 Å². The largest absolute Gasteiger partial charge is 0.494 e. The number of rotatable bonds is 7. The molecular weight excluding hydrogens is 450 g/mol. The quantitative estimate of drug-likeness (QED) is 0.511. The van der Waals surface area contributed by atoms with Crippen LogP contribution < -0.4 is 4.74 Å². The lowest BCUT2D eigenvalue weighted by Crippen LogP contribution is -2.40. The Labute approximate surface area is 193 Å². The molecule has 9 heteroatoms. The standard InChI is InChI=1S/C23H26ClN3O4S/c1-3-27-22-10-9-19(32(28,29)26-11-13-30-14-12-26)16-21(22)25-23(27)20(24)15-17-5-7-18(8-6-17)31-4-2/h5-10,15-16H,3-4,11-14H2,1-2H3. The molecule has 2 aromatic carbocycles. The fraction of sp³-hybridized carbons (Fsp3) is 0.348. The second-order valence-corrected chi connectivity index (χ2v) is 9.69. The molecule has 170 valence electrons. The normalized spacial score (nSPS) is 15.9. The summed E-state index contributed by atoms with van der Waals surface area (Å²) in [7, 11) is -3.60. The molecule has 1 aromatic heterocycles. The van der Waals surface area contributed by atoms with E-state index < -0.39 is 10.0 Å². The van der Waals surface area contributed by atoms with Crippen LogP contribution in [0.3, 0.4) is 0 Å². The summed E-state index contributed by atoms with van der Waals surface area (Å²) in [5.74, 6) is 1.40. The molecule has 0 unspecified atom stereocenters. The van der Waals surface area contributed by atoms with Gasteiger partial charge in [0.1, 0.15) is 5.75 Å². The Balaban J connectivity index is 1.69. The summed E-state index contributed by atoms with van der Waals surface area (Å²) >= 11 is 6.65. The molecule has 0 saturated carbocycles. The van der Waals surface area contributed by atoms with Crippen molar-refractivity contribution in [2.45, 2.75) is 25.3 Å². The molecule has 4 rings (SSSR count). The highest BCUT2D eigenvalue weighted by atomic mass is 35.5. The van der Waals surface area contributed by atoms with E-state index in [0.717, 1.165) is 16.8 Å². The van der Waals surface area contributed by atoms with Gasteiger partial charge in [-0.25, -0.2) is 13.4 Å². The molecule has 0 radical (unpaired) electrons. The Morgan fingerprint density at radius 2 is 1.88 bits per heavy atom.